The number of non-ortho nitro benzene ring substituents is 1. The van der Waals surface area contributed by atoms with Gasteiger partial charge in [0.2, 0.25) is 0 Å². The molecule has 0 unspecified atom stereocenters. The first kappa shape index (κ1) is 23.9. The molecule has 1 aromatic heterocycles. The Bertz CT molecular complexity index is 1270. The number of amides is 1. The third-order valence-corrected chi connectivity index (χ3v) is 4.56. The number of esters is 1. The van der Waals surface area contributed by atoms with Crippen LogP contribution in [0.2, 0.25) is 0 Å². The first-order valence-corrected chi connectivity index (χ1v) is 10.2. The van der Waals surface area contributed by atoms with Gasteiger partial charge in [0.25, 0.3) is 11.6 Å². The number of nitrogens with zero attached hydrogens (tertiary/aromatic N) is 1. The van der Waals surface area contributed by atoms with Crippen molar-refractivity contribution in [3.8, 4) is 0 Å². The minimum Gasteiger partial charge on any atom is -0.462 e. The van der Waals surface area contributed by atoms with Crippen molar-refractivity contribution in [3.63, 3.8) is 0 Å². The number of rotatable bonds is 9. The molecule has 34 heavy (non-hydrogen) atoms. The molecule has 3 aromatic rings. The molecule has 1 heterocycles. The molecular weight excluding hydrogens is 442 g/mol. The van der Waals surface area contributed by atoms with Gasteiger partial charge in [0, 0.05) is 30.4 Å². The monoisotopic (exact) mass is 463 g/mol. The number of benzene rings is 2. The minimum absolute atomic E-state index is 0.0143. The van der Waals surface area contributed by atoms with E-state index >= 15 is 0 Å². The second-order valence-electron chi connectivity index (χ2n) is 6.90. The van der Waals surface area contributed by atoms with Crippen molar-refractivity contribution >= 4 is 29.3 Å². The third kappa shape index (κ3) is 6.16. The molecule has 0 saturated carbocycles. The van der Waals surface area contributed by atoms with Gasteiger partial charge in [0.15, 0.2) is 0 Å². The third-order valence-electron chi connectivity index (χ3n) is 4.56. The number of nitrogens with one attached hydrogen (secondary N) is 2. The summed E-state index contributed by atoms with van der Waals surface area (Å²) in [5.41, 5.74) is 0.0123. The summed E-state index contributed by atoms with van der Waals surface area (Å²) in [5, 5.41) is 16.1. The van der Waals surface area contributed by atoms with Crippen LogP contribution in [-0.4, -0.2) is 23.4 Å². The van der Waals surface area contributed by atoms with Gasteiger partial charge in [-0.25, -0.2) is 9.59 Å². The standard InChI is InChI=1S/C24H21N3O7/c1-2-33-23(29)19-14-20(26-22(28)17-6-4-3-5-7-17)24(30)34-21(19)12-13-25-15-16-8-10-18(11-9-16)27(31)32/h3-14,25H,2,15H2,1H3,(H,26,28)/b13-12+. The Balaban J connectivity index is 1.78. The fourth-order valence-corrected chi connectivity index (χ4v) is 2.89. The summed E-state index contributed by atoms with van der Waals surface area (Å²) in [6.45, 7) is 2.07. The number of ether oxygens (including phenoxy) is 1. The van der Waals surface area contributed by atoms with Gasteiger partial charge in [-0.1, -0.05) is 30.3 Å². The van der Waals surface area contributed by atoms with E-state index in [1.807, 2.05) is 0 Å². The zero-order chi connectivity index (χ0) is 24.5. The highest BCUT2D eigenvalue weighted by atomic mass is 16.6. The molecule has 0 aliphatic heterocycles. The summed E-state index contributed by atoms with van der Waals surface area (Å²) >= 11 is 0. The van der Waals surface area contributed by atoms with Crippen LogP contribution in [0, 0.1) is 10.1 Å². The van der Waals surface area contributed by atoms with E-state index in [9.17, 15) is 24.5 Å². The number of nitro benzene ring substituents is 1. The Kier molecular flexibility index (Phi) is 7.90. The number of carbonyl (C=O) groups excluding carboxylic acids is 2. The average Bonchev–Trinajstić information content (AvgIpc) is 2.84. The first-order valence-electron chi connectivity index (χ1n) is 10.2. The Labute approximate surface area is 194 Å². The van der Waals surface area contributed by atoms with Gasteiger partial charge in [-0.2, -0.15) is 0 Å². The Morgan fingerprint density at radius 1 is 1.12 bits per heavy atom. The van der Waals surface area contributed by atoms with Gasteiger partial charge in [0.05, 0.1) is 11.5 Å². The summed E-state index contributed by atoms with van der Waals surface area (Å²) in [4.78, 5) is 47.5. The maximum absolute atomic E-state index is 12.4. The largest absolute Gasteiger partial charge is 0.462 e. The van der Waals surface area contributed by atoms with Crippen molar-refractivity contribution in [2.24, 2.45) is 0 Å². The fourth-order valence-electron chi connectivity index (χ4n) is 2.89. The summed E-state index contributed by atoms with van der Waals surface area (Å²) in [6, 6.07) is 15.5. The molecule has 0 spiro atoms. The van der Waals surface area contributed by atoms with Crippen LogP contribution in [0.5, 0.6) is 0 Å². The number of nitro groups is 1. The normalized spacial score (nSPS) is 10.6. The van der Waals surface area contributed by atoms with E-state index in [0.717, 1.165) is 5.56 Å². The van der Waals surface area contributed by atoms with Crippen molar-refractivity contribution in [1.82, 2.24) is 5.32 Å². The molecule has 10 heteroatoms. The van der Waals surface area contributed by atoms with Crippen LogP contribution >= 0.6 is 0 Å². The summed E-state index contributed by atoms with van der Waals surface area (Å²) in [6.07, 6.45) is 2.84. The van der Waals surface area contributed by atoms with Crippen LogP contribution in [0.1, 0.15) is 39.0 Å². The van der Waals surface area contributed by atoms with E-state index in [1.165, 1.54) is 30.5 Å². The molecule has 174 valence electrons. The van der Waals surface area contributed by atoms with Gasteiger partial charge in [-0.3, -0.25) is 14.9 Å². The van der Waals surface area contributed by atoms with Crippen LogP contribution in [0.4, 0.5) is 11.4 Å². The van der Waals surface area contributed by atoms with Crippen LogP contribution in [0.3, 0.4) is 0 Å². The SMILES string of the molecule is CCOC(=O)c1cc(NC(=O)c2ccccc2)c(=O)oc1/C=C/NCc1ccc([N+](=O)[O-])cc1. The molecule has 3 rings (SSSR count). The predicted octanol–water partition coefficient (Wildman–Crippen LogP) is 3.74. The van der Waals surface area contributed by atoms with E-state index in [0.29, 0.717) is 12.1 Å². The van der Waals surface area contributed by atoms with E-state index < -0.39 is 22.4 Å². The molecule has 0 saturated heterocycles. The fraction of sp³-hybridized carbons (Fsp3) is 0.125. The lowest BCUT2D eigenvalue weighted by Crippen LogP contribution is -2.20. The Hall–Kier alpha value is -4.73. The quantitative estimate of drug-likeness (QED) is 0.278. The molecular formula is C24H21N3O7. The van der Waals surface area contributed by atoms with E-state index in [2.05, 4.69) is 10.6 Å². The number of carbonyl (C=O) groups is 2. The molecule has 1 amide bonds. The smallest absolute Gasteiger partial charge is 0.360 e. The van der Waals surface area contributed by atoms with Gasteiger partial charge in [0.1, 0.15) is 17.0 Å². The lowest BCUT2D eigenvalue weighted by Gasteiger charge is -2.09. The summed E-state index contributed by atoms with van der Waals surface area (Å²) in [5.74, 6) is -1.32. The number of anilines is 1. The van der Waals surface area contributed by atoms with Crippen molar-refractivity contribution in [3.05, 3.63) is 110 Å². The Morgan fingerprint density at radius 2 is 1.82 bits per heavy atom. The highest BCUT2D eigenvalue weighted by Gasteiger charge is 2.19. The van der Waals surface area contributed by atoms with E-state index in [4.69, 9.17) is 9.15 Å². The van der Waals surface area contributed by atoms with E-state index in [-0.39, 0.29) is 29.3 Å². The highest BCUT2D eigenvalue weighted by molar-refractivity contribution is 6.04. The molecule has 2 aromatic carbocycles. The molecule has 0 aliphatic rings. The zero-order valence-corrected chi connectivity index (χ0v) is 18.1. The van der Waals surface area contributed by atoms with Gasteiger partial charge in [-0.15, -0.1) is 0 Å². The molecule has 10 nitrogen and oxygen atoms in total. The average molecular weight is 463 g/mol. The lowest BCUT2D eigenvalue weighted by atomic mass is 10.1. The van der Waals surface area contributed by atoms with Gasteiger partial charge < -0.3 is 19.8 Å². The van der Waals surface area contributed by atoms with Crippen LogP contribution in [0.15, 0.2) is 76.1 Å². The molecule has 0 aliphatic carbocycles. The molecule has 0 bridgehead atoms. The van der Waals surface area contributed by atoms with Crippen LogP contribution < -0.4 is 16.3 Å². The van der Waals surface area contributed by atoms with Crippen LogP contribution in [0.25, 0.3) is 6.08 Å². The van der Waals surface area contributed by atoms with Gasteiger partial charge in [-0.05, 0) is 36.8 Å². The highest BCUT2D eigenvalue weighted by Crippen LogP contribution is 2.16. The van der Waals surface area contributed by atoms with Crippen LogP contribution in [-0.2, 0) is 11.3 Å². The maximum atomic E-state index is 12.4. The molecule has 0 atom stereocenters. The predicted molar refractivity (Wildman–Crippen MR) is 124 cm³/mol. The lowest BCUT2D eigenvalue weighted by molar-refractivity contribution is -0.384. The zero-order valence-electron chi connectivity index (χ0n) is 18.1. The topological polar surface area (TPSA) is 141 Å². The second-order valence-corrected chi connectivity index (χ2v) is 6.90. The number of hydrogen-bond acceptors (Lipinski definition) is 8. The van der Waals surface area contributed by atoms with Crippen molar-refractivity contribution < 1.29 is 23.7 Å². The first-order chi connectivity index (χ1) is 16.4. The summed E-state index contributed by atoms with van der Waals surface area (Å²) in [7, 11) is 0. The minimum atomic E-state index is -0.840. The Morgan fingerprint density at radius 3 is 2.47 bits per heavy atom. The van der Waals surface area contributed by atoms with Gasteiger partial charge >= 0.3 is 11.6 Å². The molecule has 0 radical (unpaired) electrons. The van der Waals surface area contributed by atoms with Crippen molar-refractivity contribution in [1.29, 1.82) is 0 Å². The number of hydrogen-bond donors (Lipinski definition) is 2. The maximum Gasteiger partial charge on any atom is 0.360 e. The second kappa shape index (κ2) is 11.2. The molecule has 0 fully saturated rings. The van der Waals surface area contributed by atoms with Crippen molar-refractivity contribution in [2.75, 3.05) is 11.9 Å². The summed E-state index contributed by atoms with van der Waals surface area (Å²) < 4.78 is 10.3. The molecule has 2 N–H and O–H groups in total. The van der Waals surface area contributed by atoms with Crippen molar-refractivity contribution in [2.45, 2.75) is 13.5 Å². The van der Waals surface area contributed by atoms with E-state index in [1.54, 1.807) is 49.4 Å².